The van der Waals surface area contributed by atoms with Gasteiger partial charge in [-0.15, -0.1) is 0 Å². The van der Waals surface area contributed by atoms with Crippen LogP contribution in [-0.2, 0) is 16.0 Å². The summed E-state index contributed by atoms with van der Waals surface area (Å²) in [5.74, 6) is -1.08. The van der Waals surface area contributed by atoms with Crippen LogP contribution in [0.15, 0.2) is 48.5 Å². The van der Waals surface area contributed by atoms with Crippen molar-refractivity contribution in [3.8, 4) is 0 Å². The molecule has 35 heavy (non-hydrogen) atoms. The van der Waals surface area contributed by atoms with Gasteiger partial charge in [-0.05, 0) is 61.2 Å². The minimum absolute atomic E-state index is 0.0556. The molecule has 1 N–H and O–H groups in total. The number of amides is 3. The lowest BCUT2D eigenvalue weighted by molar-refractivity contribution is -0.128. The van der Waals surface area contributed by atoms with Crippen molar-refractivity contribution in [1.29, 1.82) is 0 Å². The molecule has 2 aromatic rings. The highest BCUT2D eigenvalue weighted by atomic mass is 19.1. The highest BCUT2D eigenvalue weighted by molar-refractivity contribution is 5.98. The van der Waals surface area contributed by atoms with E-state index in [1.54, 1.807) is 4.90 Å². The van der Waals surface area contributed by atoms with E-state index in [9.17, 15) is 18.8 Å². The molecule has 2 saturated heterocycles. The summed E-state index contributed by atoms with van der Waals surface area (Å²) in [7, 11) is 0. The zero-order valence-corrected chi connectivity index (χ0v) is 19.8. The molecule has 2 aliphatic heterocycles. The molecule has 1 spiro atoms. The number of ether oxygens (including phenoxy) is 1. The Hall–Kier alpha value is -3.26. The van der Waals surface area contributed by atoms with Crippen LogP contribution in [-0.4, -0.2) is 65.0 Å². The van der Waals surface area contributed by atoms with E-state index in [0.717, 1.165) is 19.3 Å². The molecule has 8 heteroatoms. The summed E-state index contributed by atoms with van der Waals surface area (Å²) in [6.45, 7) is 2.97. The first-order valence-corrected chi connectivity index (χ1v) is 12.3. The standard InChI is InChI=1S/C27H30FN3O4/c1-2-18-3-5-19(6-4-18)25(33)30-15-13-27(14-16-30)31(26(34)20-7-9-21(28)10-8-20)23(17-35-27)24(32)29-22-11-12-22/h3-10,22-23H,2,11-17H2,1H3,(H,29,32)/t23-/m0/s1. The summed E-state index contributed by atoms with van der Waals surface area (Å²) in [5, 5.41) is 2.98. The Morgan fingerprint density at radius 3 is 2.17 bits per heavy atom. The number of carbonyl (C=O) groups excluding carboxylic acids is 3. The SMILES string of the molecule is CCc1ccc(C(=O)N2CCC3(CC2)OC[C@@H](C(=O)NC2CC2)N3C(=O)c2ccc(F)cc2)cc1. The maximum absolute atomic E-state index is 13.6. The van der Waals surface area contributed by atoms with Gasteiger partial charge in [-0.3, -0.25) is 19.3 Å². The lowest BCUT2D eigenvalue weighted by Crippen LogP contribution is -2.60. The van der Waals surface area contributed by atoms with Gasteiger partial charge in [0.05, 0.1) is 6.61 Å². The van der Waals surface area contributed by atoms with Crippen molar-refractivity contribution >= 4 is 17.7 Å². The third-order valence-corrected chi connectivity index (χ3v) is 7.24. The maximum Gasteiger partial charge on any atom is 0.256 e. The van der Waals surface area contributed by atoms with E-state index in [0.29, 0.717) is 37.1 Å². The molecule has 2 aromatic carbocycles. The van der Waals surface area contributed by atoms with Crippen LogP contribution in [0.3, 0.4) is 0 Å². The molecule has 3 amide bonds. The van der Waals surface area contributed by atoms with Crippen LogP contribution in [0.4, 0.5) is 4.39 Å². The molecule has 3 fully saturated rings. The fourth-order valence-electron chi connectivity index (χ4n) is 4.95. The topological polar surface area (TPSA) is 79.0 Å². The molecule has 2 heterocycles. The van der Waals surface area contributed by atoms with Crippen molar-refractivity contribution < 1.29 is 23.5 Å². The van der Waals surface area contributed by atoms with Crippen molar-refractivity contribution in [2.24, 2.45) is 0 Å². The number of nitrogens with zero attached hydrogens (tertiary/aromatic N) is 2. The average molecular weight is 480 g/mol. The second kappa shape index (κ2) is 9.41. The third-order valence-electron chi connectivity index (χ3n) is 7.24. The van der Waals surface area contributed by atoms with Gasteiger partial charge in [0.15, 0.2) is 0 Å². The van der Waals surface area contributed by atoms with Crippen LogP contribution in [0.5, 0.6) is 0 Å². The maximum atomic E-state index is 13.6. The van der Waals surface area contributed by atoms with E-state index < -0.39 is 17.6 Å². The monoisotopic (exact) mass is 479 g/mol. The van der Waals surface area contributed by atoms with Crippen molar-refractivity contribution in [2.75, 3.05) is 19.7 Å². The van der Waals surface area contributed by atoms with Crippen LogP contribution < -0.4 is 5.32 Å². The minimum Gasteiger partial charge on any atom is -0.353 e. The average Bonchev–Trinajstić information content (AvgIpc) is 3.63. The highest BCUT2D eigenvalue weighted by Gasteiger charge is 2.54. The first-order valence-electron chi connectivity index (χ1n) is 12.3. The summed E-state index contributed by atoms with van der Waals surface area (Å²) in [5.41, 5.74) is 1.12. The second-order valence-electron chi connectivity index (χ2n) is 9.58. The largest absolute Gasteiger partial charge is 0.353 e. The van der Waals surface area contributed by atoms with Gasteiger partial charge in [-0.2, -0.15) is 0 Å². The molecular weight excluding hydrogens is 449 g/mol. The number of piperidine rings is 1. The molecule has 0 bridgehead atoms. The first kappa shape index (κ1) is 23.5. The number of hydrogen-bond donors (Lipinski definition) is 1. The molecule has 0 aromatic heterocycles. The van der Waals surface area contributed by atoms with Gasteiger partial charge in [-0.25, -0.2) is 4.39 Å². The number of nitrogens with one attached hydrogen (secondary N) is 1. The van der Waals surface area contributed by atoms with E-state index >= 15 is 0 Å². The molecule has 0 unspecified atom stereocenters. The van der Waals surface area contributed by atoms with Crippen LogP contribution in [0.25, 0.3) is 0 Å². The number of benzene rings is 2. The molecule has 7 nitrogen and oxygen atoms in total. The van der Waals surface area contributed by atoms with Crippen molar-refractivity contribution in [3.63, 3.8) is 0 Å². The molecular formula is C27H30FN3O4. The summed E-state index contributed by atoms with van der Waals surface area (Å²) >= 11 is 0. The highest BCUT2D eigenvalue weighted by Crippen LogP contribution is 2.39. The Labute approximate surface area is 204 Å². The molecule has 1 atom stereocenters. The Bertz CT molecular complexity index is 1110. The van der Waals surface area contributed by atoms with Gasteiger partial charge in [0.1, 0.15) is 17.6 Å². The lowest BCUT2D eigenvalue weighted by atomic mass is 9.96. The van der Waals surface area contributed by atoms with E-state index in [-0.39, 0.29) is 30.4 Å². The Morgan fingerprint density at radius 2 is 1.57 bits per heavy atom. The van der Waals surface area contributed by atoms with E-state index in [4.69, 9.17) is 4.74 Å². The van der Waals surface area contributed by atoms with Gasteiger partial charge >= 0.3 is 0 Å². The lowest BCUT2D eigenvalue weighted by Gasteiger charge is -2.44. The Morgan fingerprint density at radius 1 is 0.971 bits per heavy atom. The van der Waals surface area contributed by atoms with Gasteiger partial charge in [-0.1, -0.05) is 19.1 Å². The van der Waals surface area contributed by atoms with E-state index in [1.807, 2.05) is 24.3 Å². The molecule has 0 radical (unpaired) electrons. The molecule has 1 aliphatic carbocycles. The van der Waals surface area contributed by atoms with Crippen LogP contribution in [0.2, 0.25) is 0 Å². The van der Waals surface area contributed by atoms with Crippen molar-refractivity contribution in [2.45, 2.75) is 56.8 Å². The first-order chi connectivity index (χ1) is 16.9. The number of rotatable bonds is 5. The normalized spacial score (nSPS) is 21.3. The quantitative estimate of drug-likeness (QED) is 0.715. The smallest absolute Gasteiger partial charge is 0.256 e. The number of carbonyl (C=O) groups is 3. The van der Waals surface area contributed by atoms with Crippen LogP contribution >= 0.6 is 0 Å². The van der Waals surface area contributed by atoms with Crippen molar-refractivity contribution in [1.82, 2.24) is 15.1 Å². The molecule has 5 rings (SSSR count). The molecule has 3 aliphatic rings. The number of hydrogen-bond acceptors (Lipinski definition) is 4. The minimum atomic E-state index is -0.986. The van der Waals surface area contributed by atoms with Crippen molar-refractivity contribution in [3.05, 3.63) is 71.0 Å². The summed E-state index contributed by atoms with van der Waals surface area (Å²) < 4.78 is 19.7. The Balaban J connectivity index is 1.35. The van der Waals surface area contributed by atoms with Gasteiger partial charge < -0.3 is 15.0 Å². The van der Waals surface area contributed by atoms with E-state index in [2.05, 4.69) is 12.2 Å². The Kier molecular flexibility index (Phi) is 6.32. The summed E-state index contributed by atoms with van der Waals surface area (Å²) in [6, 6.07) is 12.3. The van der Waals surface area contributed by atoms with Gasteiger partial charge in [0.25, 0.3) is 11.8 Å². The number of halogens is 1. The number of likely N-dealkylation sites (tertiary alicyclic amines) is 1. The number of aryl methyl sites for hydroxylation is 1. The second-order valence-corrected chi connectivity index (χ2v) is 9.58. The fourth-order valence-corrected chi connectivity index (χ4v) is 4.95. The predicted molar refractivity (Wildman–Crippen MR) is 127 cm³/mol. The third kappa shape index (κ3) is 4.67. The molecule has 1 saturated carbocycles. The fraction of sp³-hybridized carbons (Fsp3) is 0.444. The predicted octanol–water partition coefficient (Wildman–Crippen LogP) is 3.14. The zero-order valence-electron chi connectivity index (χ0n) is 19.8. The molecule has 184 valence electrons. The van der Waals surface area contributed by atoms with Gasteiger partial charge in [0, 0.05) is 43.1 Å². The van der Waals surface area contributed by atoms with Gasteiger partial charge in [0.2, 0.25) is 5.91 Å². The summed E-state index contributed by atoms with van der Waals surface area (Å²) in [4.78, 5) is 43.0. The van der Waals surface area contributed by atoms with Crippen LogP contribution in [0, 0.1) is 5.82 Å². The zero-order chi connectivity index (χ0) is 24.6. The summed E-state index contributed by atoms with van der Waals surface area (Å²) in [6.07, 6.45) is 3.57. The van der Waals surface area contributed by atoms with Crippen LogP contribution in [0.1, 0.15) is 58.9 Å². The van der Waals surface area contributed by atoms with E-state index in [1.165, 1.54) is 34.7 Å².